The number of amides is 1. The molecular formula is C22H20Cl2N2O4S. The van der Waals surface area contributed by atoms with E-state index < -0.39 is 22.5 Å². The van der Waals surface area contributed by atoms with Crippen LogP contribution in [0, 0.1) is 6.92 Å². The number of nitrogens with zero attached hydrogens (tertiary/aromatic N) is 1. The van der Waals surface area contributed by atoms with Crippen molar-refractivity contribution in [3.8, 4) is 5.75 Å². The molecule has 31 heavy (non-hydrogen) atoms. The Morgan fingerprint density at radius 2 is 1.65 bits per heavy atom. The number of methoxy groups -OCH3 is 1. The van der Waals surface area contributed by atoms with Crippen molar-refractivity contribution < 1.29 is 17.9 Å². The van der Waals surface area contributed by atoms with Gasteiger partial charge in [-0.3, -0.25) is 9.10 Å². The highest BCUT2D eigenvalue weighted by Gasteiger charge is 2.27. The van der Waals surface area contributed by atoms with Gasteiger partial charge in [-0.1, -0.05) is 47.0 Å². The number of rotatable bonds is 7. The Morgan fingerprint density at radius 3 is 2.26 bits per heavy atom. The molecule has 0 unspecified atom stereocenters. The molecule has 0 fully saturated rings. The molecule has 0 saturated heterocycles. The lowest BCUT2D eigenvalue weighted by Gasteiger charge is -2.24. The summed E-state index contributed by atoms with van der Waals surface area (Å²) in [4.78, 5) is 12.8. The van der Waals surface area contributed by atoms with Crippen molar-refractivity contribution >= 4 is 50.5 Å². The second-order valence-electron chi connectivity index (χ2n) is 6.67. The number of aryl methyl sites for hydroxylation is 1. The lowest BCUT2D eigenvalue weighted by molar-refractivity contribution is -0.114. The number of carbonyl (C=O) groups excluding carboxylic acids is 1. The molecule has 0 radical (unpaired) electrons. The Labute approximate surface area is 191 Å². The number of ether oxygens (including phenoxy) is 1. The van der Waals surface area contributed by atoms with Gasteiger partial charge in [0.05, 0.1) is 33.4 Å². The minimum Gasteiger partial charge on any atom is -0.497 e. The van der Waals surface area contributed by atoms with E-state index >= 15 is 0 Å². The van der Waals surface area contributed by atoms with Crippen LogP contribution in [0.2, 0.25) is 10.0 Å². The fourth-order valence-corrected chi connectivity index (χ4v) is 4.59. The predicted molar refractivity (Wildman–Crippen MR) is 124 cm³/mol. The molecule has 0 saturated carbocycles. The molecule has 0 atom stereocenters. The number of hydrogen-bond acceptors (Lipinski definition) is 4. The van der Waals surface area contributed by atoms with Crippen molar-refractivity contribution in [3.05, 3.63) is 82.3 Å². The number of anilines is 2. The van der Waals surface area contributed by atoms with Crippen molar-refractivity contribution in [2.24, 2.45) is 0 Å². The second-order valence-corrected chi connectivity index (χ2v) is 9.32. The molecule has 0 aliphatic rings. The van der Waals surface area contributed by atoms with Crippen molar-refractivity contribution in [2.45, 2.75) is 11.8 Å². The summed E-state index contributed by atoms with van der Waals surface area (Å²) >= 11 is 12.1. The monoisotopic (exact) mass is 478 g/mol. The standard InChI is InChI=1S/C22H20Cl2N2O4S/c1-15-6-12-18(13-7-15)31(28,29)26(16-8-10-17(30-2)11-9-16)14-21(27)25-20-5-3-4-19(23)22(20)24/h3-13H,14H2,1-2H3,(H,25,27). The minimum atomic E-state index is -4.02. The number of benzene rings is 3. The van der Waals surface area contributed by atoms with Gasteiger partial charge < -0.3 is 10.1 Å². The minimum absolute atomic E-state index is 0.0718. The Kier molecular flexibility index (Phi) is 7.10. The molecule has 162 valence electrons. The molecule has 3 rings (SSSR count). The topological polar surface area (TPSA) is 75.7 Å². The van der Waals surface area contributed by atoms with Gasteiger partial charge in [0, 0.05) is 0 Å². The first-order valence-electron chi connectivity index (χ1n) is 9.19. The van der Waals surface area contributed by atoms with Crippen molar-refractivity contribution in [3.63, 3.8) is 0 Å². The summed E-state index contributed by atoms with van der Waals surface area (Å²) in [5, 5.41) is 3.07. The summed E-state index contributed by atoms with van der Waals surface area (Å²) in [7, 11) is -2.51. The number of carbonyl (C=O) groups is 1. The Morgan fingerprint density at radius 1 is 1.00 bits per heavy atom. The van der Waals surface area contributed by atoms with Gasteiger partial charge in [-0.2, -0.15) is 0 Å². The summed E-state index contributed by atoms with van der Waals surface area (Å²) in [6.45, 7) is 1.39. The van der Waals surface area contributed by atoms with Crippen LogP contribution in [0.5, 0.6) is 5.75 Å². The lowest BCUT2D eigenvalue weighted by atomic mass is 10.2. The third-order valence-corrected chi connectivity index (χ3v) is 7.09. The van der Waals surface area contributed by atoms with Crippen LogP contribution in [0.25, 0.3) is 0 Å². The molecule has 1 amide bonds. The highest BCUT2D eigenvalue weighted by Crippen LogP contribution is 2.30. The summed E-state index contributed by atoms with van der Waals surface area (Å²) < 4.78 is 32.9. The molecule has 0 aromatic heterocycles. The van der Waals surface area contributed by atoms with Gasteiger partial charge in [0.2, 0.25) is 5.91 Å². The first-order valence-corrected chi connectivity index (χ1v) is 11.4. The van der Waals surface area contributed by atoms with Gasteiger partial charge in [0.15, 0.2) is 0 Å². The highest BCUT2D eigenvalue weighted by atomic mass is 35.5. The summed E-state index contributed by atoms with van der Waals surface area (Å²) in [5.74, 6) is -0.0118. The normalized spacial score (nSPS) is 11.1. The van der Waals surface area contributed by atoms with Gasteiger partial charge in [-0.05, 0) is 55.5 Å². The van der Waals surface area contributed by atoms with Crippen LogP contribution in [0.15, 0.2) is 71.6 Å². The average Bonchev–Trinajstić information content (AvgIpc) is 2.75. The van der Waals surface area contributed by atoms with Gasteiger partial charge in [-0.15, -0.1) is 0 Å². The molecule has 0 aliphatic carbocycles. The zero-order valence-corrected chi connectivity index (χ0v) is 19.1. The van der Waals surface area contributed by atoms with Crippen LogP contribution in [0.4, 0.5) is 11.4 Å². The summed E-state index contributed by atoms with van der Waals surface area (Å²) in [6, 6.07) is 17.6. The predicted octanol–water partition coefficient (Wildman–Crippen LogP) is 5.14. The molecule has 6 nitrogen and oxygen atoms in total. The Hall–Kier alpha value is -2.74. The molecule has 0 spiro atoms. The van der Waals surface area contributed by atoms with Gasteiger partial charge in [0.25, 0.3) is 10.0 Å². The fourth-order valence-electron chi connectivity index (χ4n) is 2.82. The van der Waals surface area contributed by atoms with E-state index in [2.05, 4.69) is 5.32 Å². The van der Waals surface area contributed by atoms with E-state index in [1.54, 1.807) is 54.6 Å². The molecule has 0 heterocycles. The maximum Gasteiger partial charge on any atom is 0.264 e. The van der Waals surface area contributed by atoms with E-state index in [4.69, 9.17) is 27.9 Å². The van der Waals surface area contributed by atoms with Crippen LogP contribution in [-0.2, 0) is 14.8 Å². The highest BCUT2D eigenvalue weighted by molar-refractivity contribution is 7.92. The van der Waals surface area contributed by atoms with Crippen molar-refractivity contribution in [2.75, 3.05) is 23.3 Å². The zero-order valence-electron chi connectivity index (χ0n) is 16.8. The average molecular weight is 479 g/mol. The van der Waals surface area contributed by atoms with Gasteiger partial charge >= 0.3 is 0 Å². The van der Waals surface area contributed by atoms with Crippen LogP contribution >= 0.6 is 23.2 Å². The summed E-state index contributed by atoms with van der Waals surface area (Å²) in [5.41, 5.74) is 1.53. The number of halogens is 2. The third kappa shape index (κ3) is 5.31. The summed E-state index contributed by atoms with van der Waals surface area (Å²) in [6.07, 6.45) is 0. The molecule has 3 aromatic rings. The smallest absolute Gasteiger partial charge is 0.264 e. The molecule has 9 heteroatoms. The fraction of sp³-hybridized carbons (Fsp3) is 0.136. The Bertz CT molecular complexity index is 1180. The molecule has 1 N–H and O–H groups in total. The van der Waals surface area contributed by atoms with Crippen LogP contribution in [0.3, 0.4) is 0 Å². The van der Waals surface area contributed by atoms with E-state index in [9.17, 15) is 13.2 Å². The van der Waals surface area contributed by atoms with Crippen LogP contribution in [-0.4, -0.2) is 28.0 Å². The van der Waals surface area contributed by atoms with Crippen molar-refractivity contribution in [1.82, 2.24) is 0 Å². The maximum absolute atomic E-state index is 13.4. The third-order valence-electron chi connectivity index (χ3n) is 4.48. The maximum atomic E-state index is 13.4. The van der Waals surface area contributed by atoms with E-state index in [0.717, 1.165) is 9.87 Å². The van der Waals surface area contributed by atoms with Crippen LogP contribution in [0.1, 0.15) is 5.56 Å². The second kappa shape index (κ2) is 9.60. The van der Waals surface area contributed by atoms with E-state index in [-0.39, 0.29) is 14.9 Å². The number of nitrogens with one attached hydrogen (secondary N) is 1. The number of sulfonamides is 1. The van der Waals surface area contributed by atoms with Crippen molar-refractivity contribution in [1.29, 1.82) is 0 Å². The van der Waals surface area contributed by atoms with Crippen LogP contribution < -0.4 is 14.4 Å². The molecule has 0 bridgehead atoms. The van der Waals surface area contributed by atoms with Gasteiger partial charge in [0.1, 0.15) is 12.3 Å². The first kappa shape index (κ1) is 22.9. The van der Waals surface area contributed by atoms with E-state index in [1.165, 1.54) is 19.2 Å². The van der Waals surface area contributed by atoms with Gasteiger partial charge in [-0.25, -0.2) is 8.42 Å². The zero-order chi connectivity index (χ0) is 22.6. The largest absolute Gasteiger partial charge is 0.497 e. The Balaban J connectivity index is 1.96. The number of hydrogen-bond donors (Lipinski definition) is 1. The van der Waals surface area contributed by atoms with E-state index in [1.807, 2.05) is 6.92 Å². The quantitative estimate of drug-likeness (QED) is 0.509. The lowest BCUT2D eigenvalue weighted by Crippen LogP contribution is -2.38. The molecular weight excluding hydrogens is 459 g/mol. The molecule has 3 aromatic carbocycles. The molecule has 0 aliphatic heterocycles. The SMILES string of the molecule is COc1ccc(N(CC(=O)Nc2cccc(Cl)c2Cl)S(=O)(=O)c2ccc(C)cc2)cc1. The first-order chi connectivity index (χ1) is 14.7. The van der Waals surface area contributed by atoms with E-state index in [0.29, 0.717) is 17.1 Å².